The van der Waals surface area contributed by atoms with Crippen molar-refractivity contribution in [3.05, 3.63) is 32.7 Å². The molecule has 1 aromatic carbocycles. The van der Waals surface area contributed by atoms with Crippen LogP contribution in [0.4, 0.5) is 0 Å². The molecule has 3 nitrogen and oxygen atoms in total. The fourth-order valence-electron chi connectivity index (χ4n) is 3.57. The average Bonchev–Trinajstić information content (AvgIpc) is 2.91. The summed E-state index contributed by atoms with van der Waals surface area (Å²) in [6, 6.07) is 5.74. The number of likely N-dealkylation sites (tertiary alicyclic amines) is 1. The van der Waals surface area contributed by atoms with Gasteiger partial charge in [0.25, 0.3) is 5.91 Å². The summed E-state index contributed by atoms with van der Waals surface area (Å²) in [7, 11) is 0. The Morgan fingerprint density at radius 1 is 1.35 bits per heavy atom. The van der Waals surface area contributed by atoms with E-state index in [2.05, 4.69) is 55.9 Å². The van der Waals surface area contributed by atoms with E-state index >= 15 is 0 Å². The van der Waals surface area contributed by atoms with Gasteiger partial charge in [0.15, 0.2) is 0 Å². The second-order valence-electron chi connectivity index (χ2n) is 6.22. The number of fused-ring (bicyclic) bond motifs is 1. The zero-order valence-corrected chi connectivity index (χ0v) is 14.8. The molecule has 2 atom stereocenters. The molecule has 1 aromatic rings. The summed E-state index contributed by atoms with van der Waals surface area (Å²) in [6.07, 6.45) is 0. The number of nitrogens with zero attached hydrogens (tertiary/aromatic N) is 1. The van der Waals surface area contributed by atoms with Gasteiger partial charge in [-0.1, -0.05) is 15.9 Å². The zero-order valence-electron chi connectivity index (χ0n) is 11.6. The zero-order chi connectivity index (χ0) is 14.5. The summed E-state index contributed by atoms with van der Waals surface area (Å²) >= 11 is 6.93. The maximum atomic E-state index is 12.9. The van der Waals surface area contributed by atoms with Crippen LogP contribution >= 0.6 is 31.9 Å². The lowest BCUT2D eigenvalue weighted by molar-refractivity contribution is 0.0602. The Hall–Kier alpha value is -0.390. The molecular weight excluding hydrogens is 384 g/mol. The third-order valence-corrected chi connectivity index (χ3v) is 5.92. The van der Waals surface area contributed by atoms with Crippen LogP contribution in [-0.4, -0.2) is 36.0 Å². The van der Waals surface area contributed by atoms with Crippen molar-refractivity contribution in [3.63, 3.8) is 0 Å². The van der Waals surface area contributed by atoms with Gasteiger partial charge in [-0.2, -0.15) is 0 Å². The van der Waals surface area contributed by atoms with E-state index in [0.717, 1.165) is 34.1 Å². The molecule has 2 aliphatic rings. The van der Waals surface area contributed by atoms with Gasteiger partial charge in [0, 0.05) is 34.1 Å². The second-order valence-corrected chi connectivity index (χ2v) is 7.99. The van der Waals surface area contributed by atoms with E-state index in [0.29, 0.717) is 11.8 Å². The van der Waals surface area contributed by atoms with E-state index in [1.54, 1.807) is 0 Å². The first kappa shape index (κ1) is 14.5. The first-order valence-corrected chi connectivity index (χ1v) is 8.47. The van der Waals surface area contributed by atoms with Crippen LogP contribution in [0.15, 0.2) is 27.1 Å². The van der Waals surface area contributed by atoms with Crippen LogP contribution in [0, 0.1) is 11.8 Å². The van der Waals surface area contributed by atoms with E-state index in [-0.39, 0.29) is 11.4 Å². The maximum absolute atomic E-state index is 12.9. The highest BCUT2D eigenvalue weighted by molar-refractivity contribution is 9.11. The molecule has 0 radical (unpaired) electrons. The highest BCUT2D eigenvalue weighted by Crippen LogP contribution is 2.41. The smallest absolute Gasteiger partial charge is 0.255 e. The van der Waals surface area contributed by atoms with E-state index in [4.69, 9.17) is 0 Å². The molecule has 1 N–H and O–H groups in total. The topological polar surface area (TPSA) is 32.3 Å². The van der Waals surface area contributed by atoms with Gasteiger partial charge >= 0.3 is 0 Å². The Morgan fingerprint density at radius 3 is 2.75 bits per heavy atom. The minimum atomic E-state index is -0.0856. The predicted octanol–water partition coefficient (Wildman–Crippen LogP) is 3.28. The standard InChI is InChI=1S/C15H18Br2N2O/c1-15(2)12-7-18-6-9(12)8-19(15)14(20)11-4-3-10(16)5-13(11)17/h3-5,9,12,18H,6-8H2,1-2H3. The molecule has 1 amide bonds. The number of amides is 1. The van der Waals surface area contributed by atoms with Crippen LogP contribution in [0.1, 0.15) is 24.2 Å². The van der Waals surface area contributed by atoms with Crippen LogP contribution in [-0.2, 0) is 0 Å². The molecule has 0 bridgehead atoms. The Bertz CT molecular complexity index is 559. The first-order chi connectivity index (χ1) is 9.41. The lowest BCUT2D eigenvalue weighted by Gasteiger charge is -2.35. The molecule has 0 spiro atoms. The van der Waals surface area contributed by atoms with Gasteiger partial charge < -0.3 is 10.2 Å². The third-order valence-electron chi connectivity index (χ3n) is 4.77. The SMILES string of the molecule is CC1(C)C2CNCC2CN1C(=O)c1ccc(Br)cc1Br. The molecule has 2 unspecified atom stereocenters. The van der Waals surface area contributed by atoms with Gasteiger partial charge in [0.1, 0.15) is 0 Å². The van der Waals surface area contributed by atoms with Crippen molar-refractivity contribution in [2.45, 2.75) is 19.4 Å². The number of carbonyl (C=O) groups excluding carboxylic acids is 1. The predicted molar refractivity (Wildman–Crippen MR) is 86.8 cm³/mol. The molecule has 5 heteroatoms. The number of carbonyl (C=O) groups is 1. The summed E-state index contributed by atoms with van der Waals surface area (Å²) in [5.74, 6) is 1.27. The van der Waals surface area contributed by atoms with Crippen LogP contribution in [0.5, 0.6) is 0 Å². The van der Waals surface area contributed by atoms with E-state index in [1.807, 2.05) is 18.2 Å². The monoisotopic (exact) mass is 400 g/mol. The molecule has 2 aliphatic heterocycles. The molecule has 3 rings (SSSR count). The van der Waals surface area contributed by atoms with Gasteiger partial charge in [-0.3, -0.25) is 4.79 Å². The molecule has 0 aliphatic carbocycles. The summed E-state index contributed by atoms with van der Waals surface area (Å²) in [5, 5.41) is 3.44. The highest BCUT2D eigenvalue weighted by Gasteiger charge is 2.51. The van der Waals surface area contributed by atoms with E-state index in [9.17, 15) is 4.79 Å². The van der Waals surface area contributed by atoms with Crippen molar-refractivity contribution in [2.75, 3.05) is 19.6 Å². The van der Waals surface area contributed by atoms with Crippen molar-refractivity contribution in [2.24, 2.45) is 11.8 Å². The summed E-state index contributed by atoms with van der Waals surface area (Å²) in [5.41, 5.74) is 0.659. The second kappa shape index (κ2) is 5.11. The number of rotatable bonds is 1. The normalized spacial score (nSPS) is 27.7. The molecule has 0 saturated carbocycles. The number of hydrogen-bond acceptors (Lipinski definition) is 2. The molecule has 2 fully saturated rings. The molecule has 108 valence electrons. The quantitative estimate of drug-likeness (QED) is 0.783. The summed E-state index contributed by atoms with van der Waals surface area (Å²) in [4.78, 5) is 14.9. The van der Waals surface area contributed by atoms with E-state index in [1.165, 1.54) is 0 Å². The first-order valence-electron chi connectivity index (χ1n) is 6.89. The molecule has 0 aromatic heterocycles. The number of nitrogens with one attached hydrogen (secondary N) is 1. The summed E-state index contributed by atoms with van der Waals surface area (Å²) < 4.78 is 1.82. The number of halogens is 2. The minimum Gasteiger partial charge on any atom is -0.333 e. The molecule has 2 saturated heterocycles. The number of hydrogen-bond donors (Lipinski definition) is 1. The van der Waals surface area contributed by atoms with Gasteiger partial charge in [-0.15, -0.1) is 0 Å². The van der Waals surface area contributed by atoms with Crippen LogP contribution in [0.25, 0.3) is 0 Å². The van der Waals surface area contributed by atoms with Crippen LogP contribution in [0.2, 0.25) is 0 Å². The van der Waals surface area contributed by atoms with Gasteiger partial charge in [-0.05, 0) is 59.8 Å². The Labute approximate surface area is 136 Å². The van der Waals surface area contributed by atoms with Crippen molar-refractivity contribution >= 4 is 37.8 Å². The highest BCUT2D eigenvalue weighted by atomic mass is 79.9. The molecular formula is C15H18Br2N2O. The molecule has 2 heterocycles. The Morgan fingerprint density at radius 2 is 2.10 bits per heavy atom. The fourth-order valence-corrected chi connectivity index (χ4v) is 4.79. The molecule has 20 heavy (non-hydrogen) atoms. The van der Waals surface area contributed by atoms with Crippen LogP contribution < -0.4 is 5.32 Å². The summed E-state index contributed by atoms with van der Waals surface area (Å²) in [6.45, 7) is 7.28. The average molecular weight is 402 g/mol. The Balaban J connectivity index is 1.91. The van der Waals surface area contributed by atoms with Gasteiger partial charge in [0.05, 0.1) is 5.56 Å². The van der Waals surface area contributed by atoms with Crippen molar-refractivity contribution in [3.8, 4) is 0 Å². The van der Waals surface area contributed by atoms with Crippen molar-refractivity contribution in [1.29, 1.82) is 0 Å². The van der Waals surface area contributed by atoms with Crippen molar-refractivity contribution < 1.29 is 4.79 Å². The maximum Gasteiger partial charge on any atom is 0.255 e. The van der Waals surface area contributed by atoms with E-state index < -0.39 is 0 Å². The third kappa shape index (κ3) is 2.24. The number of benzene rings is 1. The Kier molecular flexibility index (Phi) is 3.72. The lowest BCUT2D eigenvalue weighted by atomic mass is 9.84. The van der Waals surface area contributed by atoms with Crippen LogP contribution in [0.3, 0.4) is 0 Å². The van der Waals surface area contributed by atoms with Crippen molar-refractivity contribution in [1.82, 2.24) is 10.2 Å². The van der Waals surface area contributed by atoms with Gasteiger partial charge in [-0.25, -0.2) is 0 Å². The fraction of sp³-hybridized carbons (Fsp3) is 0.533. The van der Waals surface area contributed by atoms with Gasteiger partial charge in [0.2, 0.25) is 0 Å². The lowest BCUT2D eigenvalue weighted by Crippen LogP contribution is -2.47. The minimum absolute atomic E-state index is 0.0856. The largest absolute Gasteiger partial charge is 0.333 e.